The van der Waals surface area contributed by atoms with Crippen LogP contribution in [0, 0.1) is 0 Å². The lowest BCUT2D eigenvalue weighted by molar-refractivity contribution is -0.109. The van der Waals surface area contributed by atoms with Crippen molar-refractivity contribution in [3.63, 3.8) is 0 Å². The van der Waals surface area contributed by atoms with Crippen LogP contribution >= 0.6 is 0 Å². The number of aryl methyl sites for hydroxylation is 1. The van der Waals surface area contributed by atoms with E-state index in [9.17, 15) is 9.59 Å². The molecule has 3 aromatic carbocycles. The van der Waals surface area contributed by atoms with Crippen LogP contribution in [0.4, 0.5) is 0 Å². The molecule has 0 unspecified atom stereocenters. The zero-order valence-corrected chi connectivity index (χ0v) is 15.2. The molecule has 0 aliphatic carbocycles. The summed E-state index contributed by atoms with van der Waals surface area (Å²) >= 11 is 0. The monoisotopic (exact) mass is 357 g/mol. The molecule has 0 spiro atoms. The SMILES string of the molecule is O=C[C@@H](CCCc1ccccc1)NC(=O)c1ccc(-c2ccccc2)cc1. The number of hydrogen-bond acceptors (Lipinski definition) is 2. The Bertz CT molecular complexity index is 858. The Labute approximate surface area is 160 Å². The molecule has 3 aromatic rings. The van der Waals surface area contributed by atoms with Crippen molar-refractivity contribution in [3.05, 3.63) is 96.1 Å². The van der Waals surface area contributed by atoms with E-state index in [0.29, 0.717) is 12.0 Å². The summed E-state index contributed by atoms with van der Waals surface area (Å²) in [7, 11) is 0. The van der Waals surface area contributed by atoms with Crippen LogP contribution in [0.1, 0.15) is 28.8 Å². The Hall–Kier alpha value is -3.20. The molecular weight excluding hydrogens is 334 g/mol. The minimum absolute atomic E-state index is 0.216. The van der Waals surface area contributed by atoms with Gasteiger partial charge in [-0.3, -0.25) is 4.79 Å². The molecular formula is C24H23NO2. The smallest absolute Gasteiger partial charge is 0.251 e. The van der Waals surface area contributed by atoms with E-state index in [0.717, 1.165) is 30.3 Å². The van der Waals surface area contributed by atoms with E-state index in [4.69, 9.17) is 0 Å². The average molecular weight is 357 g/mol. The first-order valence-corrected chi connectivity index (χ1v) is 9.22. The Morgan fingerprint density at radius 3 is 2.04 bits per heavy atom. The normalized spacial score (nSPS) is 11.6. The highest BCUT2D eigenvalue weighted by Gasteiger charge is 2.13. The van der Waals surface area contributed by atoms with E-state index in [-0.39, 0.29) is 5.91 Å². The van der Waals surface area contributed by atoms with Gasteiger partial charge < -0.3 is 10.1 Å². The molecule has 3 heteroatoms. The lowest BCUT2D eigenvalue weighted by Gasteiger charge is -2.13. The molecule has 0 aliphatic heterocycles. The zero-order valence-electron chi connectivity index (χ0n) is 15.2. The van der Waals surface area contributed by atoms with E-state index in [1.54, 1.807) is 12.1 Å². The molecule has 0 aromatic heterocycles. The fourth-order valence-corrected chi connectivity index (χ4v) is 3.04. The number of benzene rings is 3. The molecule has 1 atom stereocenters. The van der Waals surface area contributed by atoms with Crippen LogP contribution in [-0.2, 0) is 11.2 Å². The van der Waals surface area contributed by atoms with Crippen molar-refractivity contribution < 1.29 is 9.59 Å². The van der Waals surface area contributed by atoms with Crippen molar-refractivity contribution in [3.8, 4) is 11.1 Å². The van der Waals surface area contributed by atoms with Gasteiger partial charge in [-0.1, -0.05) is 72.8 Å². The van der Waals surface area contributed by atoms with Crippen molar-refractivity contribution in [2.45, 2.75) is 25.3 Å². The van der Waals surface area contributed by atoms with E-state index in [2.05, 4.69) is 17.4 Å². The molecule has 27 heavy (non-hydrogen) atoms. The molecule has 136 valence electrons. The average Bonchev–Trinajstić information content (AvgIpc) is 2.74. The minimum atomic E-state index is -0.463. The molecule has 3 nitrogen and oxygen atoms in total. The van der Waals surface area contributed by atoms with Gasteiger partial charge in [0.05, 0.1) is 6.04 Å². The van der Waals surface area contributed by atoms with Gasteiger partial charge >= 0.3 is 0 Å². The summed E-state index contributed by atoms with van der Waals surface area (Å²) in [6.45, 7) is 0. The van der Waals surface area contributed by atoms with Crippen LogP contribution in [0.5, 0.6) is 0 Å². The van der Waals surface area contributed by atoms with Crippen molar-refractivity contribution in [2.75, 3.05) is 0 Å². The van der Waals surface area contributed by atoms with E-state index in [1.165, 1.54) is 5.56 Å². The maximum atomic E-state index is 12.4. The second kappa shape index (κ2) is 9.48. The molecule has 0 radical (unpaired) electrons. The van der Waals surface area contributed by atoms with Crippen molar-refractivity contribution >= 4 is 12.2 Å². The van der Waals surface area contributed by atoms with Gasteiger partial charge in [0.1, 0.15) is 6.29 Å². The number of hydrogen-bond donors (Lipinski definition) is 1. The number of rotatable bonds is 8. The van der Waals surface area contributed by atoms with Gasteiger partial charge in [0.2, 0.25) is 0 Å². The fourth-order valence-electron chi connectivity index (χ4n) is 3.04. The Morgan fingerprint density at radius 1 is 0.815 bits per heavy atom. The summed E-state index contributed by atoms with van der Waals surface area (Å²) in [4.78, 5) is 23.8. The standard InChI is InChI=1S/C24H23NO2/c26-18-23(13-7-10-19-8-3-1-4-9-19)25-24(27)22-16-14-21(15-17-22)20-11-5-2-6-12-20/h1-6,8-9,11-12,14-18,23H,7,10,13H2,(H,25,27)/t23-/m1/s1. The van der Waals surface area contributed by atoms with Gasteiger partial charge in [0.25, 0.3) is 5.91 Å². The lowest BCUT2D eigenvalue weighted by atomic mass is 10.0. The molecule has 0 aliphatic rings. The van der Waals surface area contributed by atoms with Gasteiger partial charge in [-0.25, -0.2) is 0 Å². The molecule has 0 heterocycles. The molecule has 1 amide bonds. The number of aldehydes is 1. The molecule has 1 N–H and O–H groups in total. The number of nitrogens with one attached hydrogen (secondary N) is 1. The van der Waals surface area contributed by atoms with Crippen LogP contribution in [-0.4, -0.2) is 18.2 Å². The maximum Gasteiger partial charge on any atom is 0.251 e. The van der Waals surface area contributed by atoms with Gasteiger partial charge in [0, 0.05) is 5.56 Å². The Kier molecular flexibility index (Phi) is 6.53. The summed E-state index contributed by atoms with van der Waals surface area (Å²) < 4.78 is 0. The molecule has 0 saturated carbocycles. The highest BCUT2D eigenvalue weighted by atomic mass is 16.2. The third-order valence-corrected chi connectivity index (χ3v) is 4.56. The Morgan fingerprint density at radius 2 is 1.41 bits per heavy atom. The highest BCUT2D eigenvalue weighted by Crippen LogP contribution is 2.19. The van der Waals surface area contributed by atoms with Crippen LogP contribution < -0.4 is 5.32 Å². The largest absolute Gasteiger partial charge is 0.343 e. The second-order valence-electron chi connectivity index (χ2n) is 6.54. The number of carbonyl (C=O) groups excluding carboxylic acids is 2. The van der Waals surface area contributed by atoms with Gasteiger partial charge in [0.15, 0.2) is 0 Å². The van der Waals surface area contributed by atoms with Crippen molar-refractivity contribution in [2.24, 2.45) is 0 Å². The van der Waals surface area contributed by atoms with Crippen molar-refractivity contribution in [1.82, 2.24) is 5.32 Å². The molecule has 0 bridgehead atoms. The summed E-state index contributed by atoms with van der Waals surface area (Å²) in [6, 6.07) is 27.1. The molecule has 0 saturated heterocycles. The first kappa shape index (κ1) is 18.6. The van der Waals surface area contributed by atoms with E-state index >= 15 is 0 Å². The molecule has 0 fully saturated rings. The van der Waals surface area contributed by atoms with Crippen LogP contribution in [0.3, 0.4) is 0 Å². The minimum Gasteiger partial charge on any atom is -0.343 e. The quantitative estimate of drug-likeness (QED) is 0.595. The summed E-state index contributed by atoms with van der Waals surface area (Å²) in [5.41, 5.74) is 3.97. The number of amides is 1. The summed E-state index contributed by atoms with van der Waals surface area (Å²) in [6.07, 6.45) is 3.20. The maximum absolute atomic E-state index is 12.4. The molecule has 3 rings (SSSR count). The third kappa shape index (κ3) is 5.38. The predicted octanol–water partition coefficient (Wildman–Crippen LogP) is 4.67. The summed E-state index contributed by atoms with van der Waals surface area (Å²) in [5.74, 6) is -0.216. The van der Waals surface area contributed by atoms with Crippen molar-refractivity contribution in [1.29, 1.82) is 0 Å². The predicted molar refractivity (Wildman–Crippen MR) is 109 cm³/mol. The van der Waals surface area contributed by atoms with Gasteiger partial charge in [-0.15, -0.1) is 0 Å². The second-order valence-corrected chi connectivity index (χ2v) is 6.54. The first-order chi connectivity index (χ1) is 13.3. The van der Waals surface area contributed by atoms with Gasteiger partial charge in [-0.05, 0) is 48.1 Å². The Balaban J connectivity index is 1.54. The topological polar surface area (TPSA) is 46.2 Å². The number of carbonyl (C=O) groups is 2. The highest BCUT2D eigenvalue weighted by molar-refractivity contribution is 5.96. The fraction of sp³-hybridized carbons (Fsp3) is 0.167. The van der Waals surface area contributed by atoms with Gasteiger partial charge in [-0.2, -0.15) is 0 Å². The lowest BCUT2D eigenvalue weighted by Crippen LogP contribution is -2.36. The summed E-state index contributed by atoms with van der Waals surface area (Å²) in [5, 5.41) is 2.82. The van der Waals surface area contributed by atoms with E-state index < -0.39 is 6.04 Å². The van der Waals surface area contributed by atoms with E-state index in [1.807, 2.05) is 60.7 Å². The van der Waals surface area contributed by atoms with Crippen LogP contribution in [0.25, 0.3) is 11.1 Å². The first-order valence-electron chi connectivity index (χ1n) is 9.22. The van der Waals surface area contributed by atoms with Crippen LogP contribution in [0.15, 0.2) is 84.9 Å². The zero-order chi connectivity index (χ0) is 18.9. The third-order valence-electron chi connectivity index (χ3n) is 4.56. The van der Waals surface area contributed by atoms with Crippen LogP contribution in [0.2, 0.25) is 0 Å².